The van der Waals surface area contributed by atoms with Gasteiger partial charge in [-0.2, -0.15) is 5.10 Å². The maximum atomic E-state index is 12.0. The molecule has 1 amide bonds. The number of aromatic nitrogens is 3. The number of benzene rings is 2. The van der Waals surface area contributed by atoms with Gasteiger partial charge in [-0.1, -0.05) is 12.1 Å². The number of rotatable bonds is 5. The van der Waals surface area contributed by atoms with Crippen LogP contribution in [0, 0.1) is 0 Å². The number of carbonyl (C=O) groups is 1. The van der Waals surface area contributed by atoms with E-state index in [2.05, 4.69) is 20.1 Å². The van der Waals surface area contributed by atoms with Gasteiger partial charge in [-0.25, -0.2) is 0 Å². The third-order valence-electron chi connectivity index (χ3n) is 4.29. The number of pyridine rings is 1. The first-order valence-electron chi connectivity index (χ1n) is 8.21. The Bertz CT molecular complexity index is 1060. The zero-order valence-electron chi connectivity index (χ0n) is 14.0. The molecule has 3 N–H and O–H groups in total. The number of anilines is 2. The van der Waals surface area contributed by atoms with Crippen LogP contribution in [0.3, 0.4) is 0 Å². The SMILES string of the molecule is NC(=O)c1ccccc1N(Cc1ccncc1)c1ccc2[nH]ncc2c1. The summed E-state index contributed by atoms with van der Waals surface area (Å²) in [6.07, 6.45) is 5.29. The molecular formula is C20H17N5O. The summed E-state index contributed by atoms with van der Waals surface area (Å²) in [5.74, 6) is -0.454. The zero-order valence-corrected chi connectivity index (χ0v) is 14.0. The van der Waals surface area contributed by atoms with Crippen LogP contribution in [0.2, 0.25) is 0 Å². The van der Waals surface area contributed by atoms with Crippen LogP contribution in [-0.4, -0.2) is 21.1 Å². The molecule has 0 spiro atoms. The fourth-order valence-electron chi connectivity index (χ4n) is 3.00. The van der Waals surface area contributed by atoms with E-state index in [9.17, 15) is 4.79 Å². The Hall–Kier alpha value is -3.67. The van der Waals surface area contributed by atoms with Gasteiger partial charge in [-0.15, -0.1) is 0 Å². The highest BCUT2D eigenvalue weighted by atomic mass is 16.1. The summed E-state index contributed by atoms with van der Waals surface area (Å²) < 4.78 is 0. The number of aromatic amines is 1. The van der Waals surface area contributed by atoms with Crippen molar-refractivity contribution < 1.29 is 4.79 Å². The largest absolute Gasteiger partial charge is 0.366 e. The van der Waals surface area contributed by atoms with Gasteiger partial charge in [0, 0.05) is 30.0 Å². The van der Waals surface area contributed by atoms with Crippen LogP contribution in [0.5, 0.6) is 0 Å². The average Bonchev–Trinajstić information content (AvgIpc) is 3.14. The van der Waals surface area contributed by atoms with Gasteiger partial charge < -0.3 is 10.6 Å². The molecule has 26 heavy (non-hydrogen) atoms. The van der Waals surface area contributed by atoms with Crippen LogP contribution in [-0.2, 0) is 6.54 Å². The number of nitrogens with zero attached hydrogens (tertiary/aromatic N) is 3. The molecule has 0 saturated carbocycles. The van der Waals surface area contributed by atoms with Gasteiger partial charge in [0.05, 0.1) is 23.0 Å². The van der Waals surface area contributed by atoms with E-state index in [0.29, 0.717) is 12.1 Å². The normalized spacial score (nSPS) is 10.8. The Morgan fingerprint density at radius 3 is 2.69 bits per heavy atom. The number of nitrogens with two attached hydrogens (primary N) is 1. The topological polar surface area (TPSA) is 87.9 Å². The van der Waals surface area contributed by atoms with E-state index in [0.717, 1.165) is 27.8 Å². The van der Waals surface area contributed by atoms with Gasteiger partial charge in [0.1, 0.15) is 0 Å². The number of hydrogen-bond donors (Lipinski definition) is 2. The summed E-state index contributed by atoms with van der Waals surface area (Å²) >= 11 is 0. The molecule has 0 atom stereocenters. The first kappa shape index (κ1) is 15.8. The molecule has 0 radical (unpaired) electrons. The molecule has 2 aromatic carbocycles. The van der Waals surface area contributed by atoms with Crippen molar-refractivity contribution in [1.29, 1.82) is 0 Å². The van der Waals surface area contributed by atoms with Crippen LogP contribution >= 0.6 is 0 Å². The van der Waals surface area contributed by atoms with Crippen molar-refractivity contribution in [3.8, 4) is 0 Å². The van der Waals surface area contributed by atoms with Crippen molar-refractivity contribution in [3.05, 3.63) is 84.3 Å². The number of nitrogens with one attached hydrogen (secondary N) is 1. The van der Waals surface area contributed by atoms with Gasteiger partial charge in [0.25, 0.3) is 5.91 Å². The van der Waals surface area contributed by atoms with Crippen molar-refractivity contribution in [2.24, 2.45) is 5.73 Å². The molecular weight excluding hydrogens is 326 g/mol. The first-order valence-corrected chi connectivity index (χ1v) is 8.21. The highest BCUT2D eigenvalue weighted by molar-refractivity contribution is 5.99. The van der Waals surface area contributed by atoms with Crippen LogP contribution in [0.1, 0.15) is 15.9 Å². The molecule has 0 aliphatic carbocycles. The summed E-state index contributed by atoms with van der Waals surface area (Å²) in [5, 5.41) is 8.03. The quantitative estimate of drug-likeness (QED) is 0.581. The maximum absolute atomic E-state index is 12.0. The third-order valence-corrected chi connectivity index (χ3v) is 4.29. The fraction of sp³-hybridized carbons (Fsp3) is 0.0500. The van der Waals surface area contributed by atoms with Crippen LogP contribution in [0.25, 0.3) is 10.9 Å². The molecule has 2 heterocycles. The Morgan fingerprint density at radius 1 is 1.08 bits per heavy atom. The average molecular weight is 343 g/mol. The van der Waals surface area contributed by atoms with Crippen molar-refractivity contribution >= 4 is 28.2 Å². The van der Waals surface area contributed by atoms with Crippen LogP contribution in [0.15, 0.2) is 73.2 Å². The molecule has 0 saturated heterocycles. The number of para-hydroxylation sites is 1. The predicted molar refractivity (Wildman–Crippen MR) is 101 cm³/mol. The Kier molecular flexibility index (Phi) is 4.07. The molecule has 4 aromatic rings. The summed E-state index contributed by atoms with van der Waals surface area (Å²) in [5.41, 5.74) is 9.83. The number of amides is 1. The summed E-state index contributed by atoms with van der Waals surface area (Å²) in [6, 6.07) is 17.3. The van der Waals surface area contributed by atoms with E-state index < -0.39 is 5.91 Å². The highest BCUT2D eigenvalue weighted by Crippen LogP contribution is 2.32. The summed E-state index contributed by atoms with van der Waals surface area (Å²) in [6.45, 7) is 0.580. The number of fused-ring (bicyclic) bond motifs is 1. The summed E-state index contributed by atoms with van der Waals surface area (Å²) in [7, 11) is 0. The molecule has 0 aliphatic heterocycles. The van der Waals surface area contributed by atoms with Gasteiger partial charge in [-0.3, -0.25) is 14.9 Å². The third kappa shape index (κ3) is 3.00. The van der Waals surface area contributed by atoms with Crippen LogP contribution < -0.4 is 10.6 Å². The lowest BCUT2D eigenvalue weighted by Gasteiger charge is -2.27. The number of primary amides is 1. The van der Waals surface area contributed by atoms with Crippen molar-refractivity contribution in [3.63, 3.8) is 0 Å². The van der Waals surface area contributed by atoms with E-state index in [1.165, 1.54) is 0 Å². The maximum Gasteiger partial charge on any atom is 0.250 e. The molecule has 0 bridgehead atoms. The monoisotopic (exact) mass is 343 g/mol. The van der Waals surface area contributed by atoms with E-state index in [1.54, 1.807) is 24.7 Å². The molecule has 128 valence electrons. The van der Waals surface area contributed by atoms with Gasteiger partial charge in [-0.05, 0) is 48.0 Å². The lowest BCUT2D eigenvalue weighted by molar-refractivity contribution is 0.100. The van der Waals surface area contributed by atoms with Crippen molar-refractivity contribution in [2.45, 2.75) is 6.54 Å². The number of H-pyrrole nitrogens is 1. The van der Waals surface area contributed by atoms with Crippen molar-refractivity contribution in [1.82, 2.24) is 15.2 Å². The smallest absolute Gasteiger partial charge is 0.250 e. The zero-order chi connectivity index (χ0) is 17.9. The summed E-state index contributed by atoms with van der Waals surface area (Å²) in [4.78, 5) is 18.1. The molecule has 6 nitrogen and oxygen atoms in total. The van der Waals surface area contributed by atoms with Gasteiger partial charge >= 0.3 is 0 Å². The predicted octanol–water partition coefficient (Wildman–Crippen LogP) is 3.40. The Morgan fingerprint density at radius 2 is 1.88 bits per heavy atom. The van der Waals surface area contributed by atoms with E-state index >= 15 is 0 Å². The minimum atomic E-state index is -0.454. The molecule has 6 heteroatoms. The Labute approximate surface area is 150 Å². The molecule has 4 rings (SSSR count). The lowest BCUT2D eigenvalue weighted by Crippen LogP contribution is -2.21. The first-order chi connectivity index (χ1) is 12.7. The van der Waals surface area contributed by atoms with E-state index in [-0.39, 0.29) is 0 Å². The van der Waals surface area contributed by atoms with Crippen LogP contribution in [0.4, 0.5) is 11.4 Å². The van der Waals surface area contributed by atoms with Crippen molar-refractivity contribution in [2.75, 3.05) is 4.90 Å². The molecule has 2 aromatic heterocycles. The second-order valence-electron chi connectivity index (χ2n) is 5.96. The van der Waals surface area contributed by atoms with Gasteiger partial charge in [0.2, 0.25) is 0 Å². The lowest BCUT2D eigenvalue weighted by atomic mass is 10.1. The standard InChI is InChI=1S/C20H17N5O/c21-20(26)17-3-1-2-4-19(17)25(13-14-7-9-22-10-8-14)16-5-6-18-15(11-16)12-23-24-18/h1-12H,13H2,(H2,21,26)(H,23,24). The number of carbonyl (C=O) groups excluding carboxylic acids is 1. The second kappa shape index (κ2) is 6.68. The Balaban J connectivity index is 1.85. The second-order valence-corrected chi connectivity index (χ2v) is 5.96. The van der Waals surface area contributed by atoms with Gasteiger partial charge in [0.15, 0.2) is 0 Å². The molecule has 0 fully saturated rings. The van der Waals surface area contributed by atoms with E-state index in [1.807, 2.05) is 48.5 Å². The minimum Gasteiger partial charge on any atom is -0.366 e. The van der Waals surface area contributed by atoms with E-state index in [4.69, 9.17) is 5.73 Å². The molecule has 0 unspecified atom stereocenters. The number of hydrogen-bond acceptors (Lipinski definition) is 4. The highest BCUT2D eigenvalue weighted by Gasteiger charge is 2.17. The minimum absolute atomic E-state index is 0.454. The fourth-order valence-corrected chi connectivity index (χ4v) is 3.00. The molecule has 0 aliphatic rings.